The fraction of sp³-hybridized carbons (Fsp3) is 0.556. The van der Waals surface area contributed by atoms with Crippen LogP contribution in [0, 0.1) is 5.41 Å². The van der Waals surface area contributed by atoms with Gasteiger partial charge in [0.2, 0.25) is 11.8 Å². The van der Waals surface area contributed by atoms with Crippen molar-refractivity contribution in [3.05, 3.63) is 29.8 Å². The van der Waals surface area contributed by atoms with Crippen molar-refractivity contribution < 1.29 is 23.1 Å². The number of amides is 2. The molecule has 1 aromatic carbocycles. The van der Waals surface area contributed by atoms with E-state index in [1.165, 1.54) is 12.1 Å². The van der Waals surface area contributed by atoms with Gasteiger partial charge < -0.3 is 14.5 Å². The molecular formula is C18H24F2N2O3. The molecule has 0 N–H and O–H groups in total. The molecule has 7 heteroatoms. The predicted octanol–water partition coefficient (Wildman–Crippen LogP) is 2.55. The Balaban J connectivity index is 1.85. The highest BCUT2D eigenvalue weighted by Gasteiger charge is 2.30. The van der Waals surface area contributed by atoms with Gasteiger partial charge in [0.1, 0.15) is 5.75 Å². The van der Waals surface area contributed by atoms with Crippen molar-refractivity contribution in [1.82, 2.24) is 9.80 Å². The van der Waals surface area contributed by atoms with E-state index in [1.807, 2.05) is 20.8 Å². The minimum absolute atomic E-state index is 0.0367. The van der Waals surface area contributed by atoms with Crippen LogP contribution in [0.5, 0.6) is 5.75 Å². The molecule has 1 heterocycles. The predicted molar refractivity (Wildman–Crippen MR) is 89.4 cm³/mol. The molecule has 0 spiro atoms. The lowest BCUT2D eigenvalue weighted by atomic mass is 9.94. The molecule has 1 fully saturated rings. The van der Waals surface area contributed by atoms with Crippen molar-refractivity contribution in [3.8, 4) is 5.75 Å². The van der Waals surface area contributed by atoms with Crippen LogP contribution in [-0.4, -0.2) is 54.4 Å². The highest BCUT2D eigenvalue weighted by molar-refractivity contribution is 5.82. The first-order chi connectivity index (χ1) is 11.7. The smallest absolute Gasteiger partial charge is 0.387 e. The van der Waals surface area contributed by atoms with Gasteiger partial charge in [-0.05, 0) is 17.7 Å². The average molecular weight is 354 g/mol. The van der Waals surface area contributed by atoms with Gasteiger partial charge in [0.15, 0.2) is 0 Å². The fourth-order valence-corrected chi connectivity index (χ4v) is 2.71. The zero-order chi connectivity index (χ0) is 18.6. The molecule has 2 rings (SSSR count). The number of hydrogen-bond acceptors (Lipinski definition) is 3. The molecule has 0 bridgehead atoms. The number of hydrogen-bond donors (Lipinski definition) is 0. The number of rotatable bonds is 4. The minimum atomic E-state index is -2.86. The van der Waals surface area contributed by atoms with Crippen molar-refractivity contribution in [3.63, 3.8) is 0 Å². The Labute approximate surface area is 146 Å². The van der Waals surface area contributed by atoms with E-state index in [2.05, 4.69) is 4.74 Å². The van der Waals surface area contributed by atoms with E-state index in [9.17, 15) is 18.4 Å². The monoisotopic (exact) mass is 354 g/mol. The molecule has 0 atom stereocenters. The van der Waals surface area contributed by atoms with Gasteiger partial charge in [-0.25, -0.2) is 0 Å². The zero-order valence-electron chi connectivity index (χ0n) is 14.8. The molecule has 2 amide bonds. The molecule has 138 valence electrons. The van der Waals surface area contributed by atoms with Gasteiger partial charge >= 0.3 is 6.61 Å². The van der Waals surface area contributed by atoms with Crippen LogP contribution >= 0.6 is 0 Å². The lowest BCUT2D eigenvalue weighted by molar-refractivity contribution is -0.144. The van der Waals surface area contributed by atoms with Gasteiger partial charge in [-0.2, -0.15) is 8.78 Å². The summed E-state index contributed by atoms with van der Waals surface area (Å²) in [7, 11) is 0. The fourth-order valence-electron chi connectivity index (χ4n) is 2.71. The third-order valence-corrected chi connectivity index (χ3v) is 4.07. The van der Waals surface area contributed by atoms with E-state index in [-0.39, 0.29) is 24.0 Å². The minimum Gasteiger partial charge on any atom is -0.435 e. The number of nitrogens with zero attached hydrogens (tertiary/aromatic N) is 2. The van der Waals surface area contributed by atoms with Crippen molar-refractivity contribution >= 4 is 11.8 Å². The van der Waals surface area contributed by atoms with Crippen LogP contribution in [-0.2, 0) is 16.0 Å². The Hall–Kier alpha value is -2.18. The third-order valence-electron chi connectivity index (χ3n) is 4.07. The van der Waals surface area contributed by atoms with E-state index in [4.69, 9.17) is 0 Å². The highest BCUT2D eigenvalue weighted by Crippen LogP contribution is 2.19. The van der Waals surface area contributed by atoms with Crippen molar-refractivity contribution in [1.29, 1.82) is 0 Å². The lowest BCUT2D eigenvalue weighted by Gasteiger charge is -2.37. The Morgan fingerprint density at radius 1 is 1.04 bits per heavy atom. The van der Waals surface area contributed by atoms with Crippen LogP contribution in [0.25, 0.3) is 0 Å². The molecule has 1 aliphatic heterocycles. The first-order valence-electron chi connectivity index (χ1n) is 8.28. The van der Waals surface area contributed by atoms with Crippen molar-refractivity contribution in [2.45, 2.75) is 33.8 Å². The van der Waals surface area contributed by atoms with Crippen LogP contribution in [0.15, 0.2) is 24.3 Å². The van der Waals surface area contributed by atoms with Crippen LogP contribution in [0.4, 0.5) is 8.78 Å². The summed E-state index contributed by atoms with van der Waals surface area (Å²) >= 11 is 0. The molecule has 0 unspecified atom stereocenters. The second kappa shape index (κ2) is 7.80. The normalized spacial score (nSPS) is 15.4. The van der Waals surface area contributed by atoms with Crippen LogP contribution in [0.3, 0.4) is 0 Å². The maximum absolute atomic E-state index is 12.4. The van der Waals surface area contributed by atoms with Gasteiger partial charge in [0.05, 0.1) is 6.42 Å². The number of carbonyl (C=O) groups excluding carboxylic acids is 2. The van der Waals surface area contributed by atoms with E-state index in [1.54, 1.807) is 21.9 Å². The number of ether oxygens (including phenoxy) is 1. The largest absolute Gasteiger partial charge is 0.435 e. The molecule has 1 aliphatic rings. The Morgan fingerprint density at radius 3 is 2.04 bits per heavy atom. The SMILES string of the molecule is CC(C)(C)C(=O)N1CCN(C(=O)Cc2ccc(OC(F)F)cc2)CC1. The van der Waals surface area contributed by atoms with E-state index in [0.717, 1.165) is 5.56 Å². The quantitative estimate of drug-likeness (QED) is 0.835. The first kappa shape index (κ1) is 19.1. The summed E-state index contributed by atoms with van der Waals surface area (Å²) in [6.07, 6.45) is 0.197. The summed E-state index contributed by atoms with van der Waals surface area (Å²) < 4.78 is 28.5. The lowest BCUT2D eigenvalue weighted by Crippen LogP contribution is -2.53. The van der Waals surface area contributed by atoms with Gasteiger partial charge in [-0.15, -0.1) is 0 Å². The molecule has 1 saturated heterocycles. The van der Waals surface area contributed by atoms with Gasteiger partial charge in [-0.1, -0.05) is 32.9 Å². The number of halogens is 2. The van der Waals surface area contributed by atoms with Crippen LogP contribution < -0.4 is 4.74 Å². The van der Waals surface area contributed by atoms with Crippen LogP contribution in [0.2, 0.25) is 0 Å². The Kier molecular flexibility index (Phi) is 5.98. The molecule has 0 aromatic heterocycles. The number of benzene rings is 1. The highest BCUT2D eigenvalue weighted by atomic mass is 19.3. The van der Waals surface area contributed by atoms with Gasteiger partial charge in [0.25, 0.3) is 0 Å². The summed E-state index contributed by atoms with van der Waals surface area (Å²) in [6.45, 7) is 4.86. The van der Waals surface area contributed by atoms with Crippen molar-refractivity contribution in [2.24, 2.45) is 5.41 Å². The summed E-state index contributed by atoms with van der Waals surface area (Å²) in [5, 5.41) is 0. The number of alkyl halides is 2. The number of piperazine rings is 1. The van der Waals surface area contributed by atoms with E-state index < -0.39 is 12.0 Å². The zero-order valence-corrected chi connectivity index (χ0v) is 14.8. The first-order valence-corrected chi connectivity index (χ1v) is 8.28. The molecule has 0 saturated carbocycles. The summed E-state index contributed by atoms with van der Waals surface area (Å²) in [5.41, 5.74) is 0.314. The maximum Gasteiger partial charge on any atom is 0.387 e. The molecule has 25 heavy (non-hydrogen) atoms. The van der Waals surface area contributed by atoms with Crippen LogP contribution in [0.1, 0.15) is 26.3 Å². The molecule has 0 aliphatic carbocycles. The van der Waals surface area contributed by atoms with E-state index in [0.29, 0.717) is 26.2 Å². The summed E-state index contributed by atoms with van der Waals surface area (Å²) in [6, 6.07) is 6.06. The number of carbonyl (C=O) groups is 2. The third kappa shape index (κ3) is 5.41. The Bertz CT molecular complexity index is 604. The van der Waals surface area contributed by atoms with Crippen molar-refractivity contribution in [2.75, 3.05) is 26.2 Å². The van der Waals surface area contributed by atoms with Gasteiger partial charge in [0, 0.05) is 31.6 Å². The second-order valence-corrected chi connectivity index (χ2v) is 7.12. The topological polar surface area (TPSA) is 49.9 Å². The Morgan fingerprint density at radius 2 is 1.56 bits per heavy atom. The average Bonchev–Trinajstić information content (AvgIpc) is 2.55. The van der Waals surface area contributed by atoms with Gasteiger partial charge in [-0.3, -0.25) is 9.59 Å². The summed E-state index contributed by atoms with van der Waals surface area (Å²) in [4.78, 5) is 28.2. The van der Waals surface area contributed by atoms with E-state index >= 15 is 0 Å². The standard InChI is InChI=1S/C18H24F2N2O3/c1-18(2,3)16(24)22-10-8-21(9-11-22)15(23)12-13-4-6-14(7-5-13)25-17(19)20/h4-7,17H,8-12H2,1-3H3. The maximum atomic E-state index is 12.4. The molecule has 5 nitrogen and oxygen atoms in total. The molecular weight excluding hydrogens is 330 g/mol. The second-order valence-electron chi connectivity index (χ2n) is 7.12. The summed E-state index contributed by atoms with van der Waals surface area (Å²) in [5.74, 6) is 0.125. The molecule has 1 aromatic rings. The molecule has 0 radical (unpaired) electrons.